The predicted molar refractivity (Wildman–Crippen MR) is 157 cm³/mol. The summed E-state index contributed by atoms with van der Waals surface area (Å²) in [4.78, 5) is 0. The first-order valence-electron chi connectivity index (χ1n) is 13.8. The van der Waals surface area contributed by atoms with Gasteiger partial charge < -0.3 is 0 Å². The molecule has 50 heavy (non-hydrogen) atoms. The van der Waals surface area contributed by atoms with Gasteiger partial charge in [-0.05, 0) is 36.4 Å². The minimum atomic E-state index is -5.24. The van der Waals surface area contributed by atoms with E-state index < -0.39 is 102 Å². The highest BCUT2D eigenvalue weighted by atomic mass is 19.4. The van der Waals surface area contributed by atoms with Crippen molar-refractivity contribution in [3.8, 4) is 36.4 Å². The maximum absolute atomic E-state index is 14.2. The van der Waals surface area contributed by atoms with Crippen LogP contribution in [0.4, 0.5) is 39.5 Å². The second-order valence-corrected chi connectivity index (χ2v) is 9.70. The van der Waals surface area contributed by atoms with E-state index in [1.807, 2.05) is 13.8 Å². The van der Waals surface area contributed by atoms with Crippen LogP contribution in [0.2, 0.25) is 0 Å². The van der Waals surface area contributed by atoms with Gasteiger partial charge in [0.2, 0.25) is 0 Å². The minimum Gasteiger partial charge on any atom is -0.192 e. The number of rotatable bonds is 3. The van der Waals surface area contributed by atoms with E-state index in [9.17, 15) is 55.3 Å². The van der Waals surface area contributed by atoms with Crippen LogP contribution in [0.5, 0.6) is 0 Å². The lowest BCUT2D eigenvalue weighted by atomic mass is 9.95. The van der Waals surface area contributed by atoms with E-state index in [1.165, 1.54) is 36.4 Å². The number of benzene rings is 3. The van der Waals surface area contributed by atoms with E-state index in [0.29, 0.717) is 36.4 Å². The molecule has 248 valence electrons. The fraction of sp³-hybridized carbons (Fsp3) is 0.143. The summed E-state index contributed by atoms with van der Waals surface area (Å²) < 4.78 is 127. The Hall–Kier alpha value is -6.81. The Balaban J connectivity index is 0.00000332. The van der Waals surface area contributed by atoms with Gasteiger partial charge in [0.1, 0.15) is 18.2 Å². The third-order valence-electron chi connectivity index (χ3n) is 6.94. The van der Waals surface area contributed by atoms with Gasteiger partial charge in [-0.15, -0.1) is 0 Å². The fourth-order valence-corrected chi connectivity index (χ4v) is 4.89. The minimum absolute atomic E-state index is 0.365. The van der Waals surface area contributed by atoms with Crippen molar-refractivity contribution in [2.75, 3.05) is 0 Å². The Labute approximate surface area is 278 Å². The average Bonchev–Trinajstić information content (AvgIpc) is 3.79. The van der Waals surface area contributed by atoms with Crippen LogP contribution in [-0.2, 0) is 18.5 Å². The Kier molecular flexibility index (Phi) is 10.6. The van der Waals surface area contributed by atoms with E-state index in [0.717, 1.165) is 18.2 Å². The molecule has 0 heterocycles. The van der Waals surface area contributed by atoms with E-state index >= 15 is 0 Å². The first-order chi connectivity index (χ1) is 23.5. The molecular weight excluding hydrogens is 675 g/mol. The number of hydrogen-bond acceptors (Lipinski definition) is 6. The van der Waals surface area contributed by atoms with Crippen molar-refractivity contribution < 1.29 is 39.5 Å². The second kappa shape index (κ2) is 14.1. The quantitative estimate of drug-likeness (QED) is 0.198. The molecule has 1 aliphatic rings. The summed E-state index contributed by atoms with van der Waals surface area (Å²) in [6.45, 7) is 4.00. The molecule has 3 aromatic rings. The van der Waals surface area contributed by atoms with Crippen molar-refractivity contribution in [3.05, 3.63) is 121 Å². The average molecular weight is 691 g/mol. The monoisotopic (exact) mass is 690 g/mol. The van der Waals surface area contributed by atoms with Gasteiger partial charge in [-0.3, -0.25) is 0 Å². The van der Waals surface area contributed by atoms with Crippen LogP contribution in [0, 0.1) is 68.0 Å². The van der Waals surface area contributed by atoms with Crippen LogP contribution < -0.4 is 0 Å². The van der Waals surface area contributed by atoms with Gasteiger partial charge in [0, 0.05) is 33.4 Å². The van der Waals surface area contributed by atoms with Gasteiger partial charge in [-0.2, -0.15) is 71.1 Å². The lowest BCUT2D eigenvalue weighted by Crippen LogP contribution is -2.09. The van der Waals surface area contributed by atoms with Crippen molar-refractivity contribution in [1.29, 1.82) is 31.6 Å². The number of nitrogens with zero attached hydrogens (tertiary/aromatic N) is 6. The summed E-state index contributed by atoms with van der Waals surface area (Å²) in [6.07, 6.45) is -15.7. The van der Waals surface area contributed by atoms with E-state index in [-0.39, 0.29) is 0 Å². The van der Waals surface area contributed by atoms with E-state index in [1.54, 1.807) is 0 Å². The van der Waals surface area contributed by atoms with Gasteiger partial charge in [-0.25, -0.2) is 0 Å². The van der Waals surface area contributed by atoms with E-state index in [4.69, 9.17) is 15.8 Å². The van der Waals surface area contributed by atoms with Crippen LogP contribution in [0.1, 0.15) is 63.9 Å². The number of allylic oxidation sites excluding steroid dienone is 6. The first kappa shape index (κ1) is 37.6. The van der Waals surface area contributed by atoms with Crippen molar-refractivity contribution in [3.63, 3.8) is 0 Å². The molecule has 3 aromatic carbocycles. The molecule has 0 N–H and O–H groups in total. The maximum atomic E-state index is 14.2. The number of nitriles is 6. The highest BCUT2D eigenvalue weighted by molar-refractivity contribution is 6.12. The van der Waals surface area contributed by atoms with Gasteiger partial charge in [0.05, 0.1) is 68.3 Å². The molecule has 0 radical (unpaired) electrons. The zero-order chi connectivity index (χ0) is 37.8. The fourth-order valence-electron chi connectivity index (χ4n) is 4.89. The summed E-state index contributed by atoms with van der Waals surface area (Å²) in [5.74, 6) is 0. The molecule has 0 bridgehead atoms. The molecule has 0 aromatic heterocycles. The molecule has 0 amide bonds. The Morgan fingerprint density at radius 3 is 0.800 bits per heavy atom. The topological polar surface area (TPSA) is 143 Å². The number of alkyl halides is 9. The van der Waals surface area contributed by atoms with Gasteiger partial charge in [-0.1, -0.05) is 32.0 Å². The molecule has 0 spiro atoms. The third-order valence-corrected chi connectivity index (χ3v) is 6.94. The molecule has 1 fully saturated rings. The lowest BCUT2D eigenvalue weighted by molar-refractivity contribution is -0.138. The molecule has 0 saturated heterocycles. The molecule has 1 saturated carbocycles. The Bertz CT molecular complexity index is 1990. The number of halogens is 9. The SMILES string of the molecule is CC.N#CC(=C1C(=C(C#N)c2ccc(C#N)cc2C(F)(F)F)C1=C(C#N)c1ccc(C#N)cc1C(F)(F)F)c1ccc(C#N)cc1C(F)(F)F. The summed E-state index contributed by atoms with van der Waals surface area (Å²) in [5.41, 5.74) is -14.3. The molecule has 0 atom stereocenters. The Morgan fingerprint density at radius 1 is 0.420 bits per heavy atom. The highest BCUT2D eigenvalue weighted by Crippen LogP contribution is 2.58. The van der Waals surface area contributed by atoms with Crippen LogP contribution in [0.25, 0.3) is 16.7 Å². The largest absolute Gasteiger partial charge is 0.417 e. The van der Waals surface area contributed by atoms with Crippen LogP contribution in [-0.4, -0.2) is 0 Å². The zero-order valence-corrected chi connectivity index (χ0v) is 25.3. The number of hydrogen-bond donors (Lipinski definition) is 0. The lowest BCUT2D eigenvalue weighted by Gasteiger charge is -2.13. The van der Waals surface area contributed by atoms with Crippen LogP contribution in [0.3, 0.4) is 0 Å². The Morgan fingerprint density at radius 2 is 0.640 bits per heavy atom. The van der Waals surface area contributed by atoms with Gasteiger partial charge in [0.15, 0.2) is 0 Å². The molecule has 6 nitrogen and oxygen atoms in total. The predicted octanol–water partition coefficient (Wildman–Crippen LogP) is 9.63. The zero-order valence-electron chi connectivity index (χ0n) is 25.3. The van der Waals surface area contributed by atoms with Crippen molar-refractivity contribution >= 4 is 16.7 Å². The molecule has 15 heteroatoms. The van der Waals surface area contributed by atoms with Gasteiger partial charge in [0.25, 0.3) is 0 Å². The first-order valence-corrected chi connectivity index (χ1v) is 13.8. The standard InChI is InChI=1S/C33H9F9N6.C2H6/c34-31(35,36)25-7-16(10-43)1-4-19(25)22(13-46)28-29(23(14-47)20-5-2-17(11-44)8-26(20)32(37,38)39)30(28)24(15-48)21-6-3-18(12-45)9-27(21)33(40,41)42;1-2/h1-9H;1-2H3. The highest BCUT2D eigenvalue weighted by Gasteiger charge is 2.46. The summed E-state index contributed by atoms with van der Waals surface area (Å²) >= 11 is 0. The third kappa shape index (κ3) is 7.19. The van der Waals surface area contributed by atoms with Crippen molar-refractivity contribution in [2.45, 2.75) is 32.4 Å². The maximum Gasteiger partial charge on any atom is 0.417 e. The summed E-state index contributed by atoms with van der Waals surface area (Å²) in [6, 6.07) is 14.6. The second-order valence-electron chi connectivity index (χ2n) is 9.70. The summed E-state index contributed by atoms with van der Waals surface area (Å²) in [5, 5.41) is 57.7. The smallest absolute Gasteiger partial charge is 0.192 e. The summed E-state index contributed by atoms with van der Waals surface area (Å²) in [7, 11) is 0. The van der Waals surface area contributed by atoms with Gasteiger partial charge >= 0.3 is 18.5 Å². The normalized spacial score (nSPS) is 12.1. The molecule has 0 aliphatic heterocycles. The van der Waals surface area contributed by atoms with E-state index in [2.05, 4.69) is 0 Å². The molecular formula is C35H15F9N6. The van der Waals surface area contributed by atoms with Crippen molar-refractivity contribution in [2.24, 2.45) is 0 Å². The molecule has 4 rings (SSSR count). The van der Waals surface area contributed by atoms with Crippen LogP contribution in [0.15, 0.2) is 71.3 Å². The molecule has 1 aliphatic carbocycles. The van der Waals surface area contributed by atoms with Crippen molar-refractivity contribution in [1.82, 2.24) is 0 Å². The van der Waals surface area contributed by atoms with Crippen LogP contribution >= 0.6 is 0 Å². The molecule has 0 unspecified atom stereocenters.